The van der Waals surface area contributed by atoms with Crippen molar-refractivity contribution in [2.24, 2.45) is 0 Å². The summed E-state index contributed by atoms with van der Waals surface area (Å²) in [6.45, 7) is 8.67. The topological polar surface area (TPSA) is 0 Å². The van der Waals surface area contributed by atoms with Crippen LogP contribution < -0.4 is 0 Å². The van der Waals surface area contributed by atoms with Crippen molar-refractivity contribution in [3.63, 3.8) is 0 Å². The first-order valence-electron chi connectivity index (χ1n) is 16.7. The van der Waals surface area contributed by atoms with Crippen LogP contribution in [0.3, 0.4) is 0 Å². The lowest BCUT2D eigenvalue weighted by atomic mass is 9.95. The Morgan fingerprint density at radius 1 is 0.361 bits per heavy atom. The Morgan fingerprint density at radius 2 is 0.611 bits per heavy atom. The van der Waals surface area contributed by atoms with Crippen molar-refractivity contribution in [1.29, 1.82) is 0 Å². The first kappa shape index (κ1) is 33.2. The molecule has 0 aromatic heterocycles. The average molecular weight is 498 g/mol. The van der Waals surface area contributed by atoms with E-state index in [1.54, 1.807) is 16.7 Å². The third-order valence-electron chi connectivity index (χ3n) is 7.97. The van der Waals surface area contributed by atoms with Gasteiger partial charge in [0.15, 0.2) is 0 Å². The summed E-state index contributed by atoms with van der Waals surface area (Å²) < 4.78 is 0. The monoisotopic (exact) mass is 498 g/mol. The van der Waals surface area contributed by atoms with Crippen molar-refractivity contribution in [3.05, 3.63) is 41.8 Å². The predicted molar refractivity (Wildman–Crippen MR) is 165 cm³/mol. The fourth-order valence-electron chi connectivity index (χ4n) is 5.59. The van der Waals surface area contributed by atoms with E-state index in [0.29, 0.717) is 0 Å². The van der Waals surface area contributed by atoms with Crippen molar-refractivity contribution >= 4 is 0 Å². The van der Waals surface area contributed by atoms with Crippen LogP contribution in [0.25, 0.3) is 0 Å². The summed E-state index contributed by atoms with van der Waals surface area (Å²) in [5.41, 5.74) is 4.77. The van der Waals surface area contributed by atoms with Crippen molar-refractivity contribution in [2.75, 3.05) is 0 Å². The first-order valence-corrected chi connectivity index (χ1v) is 16.7. The number of hydrogen-bond donors (Lipinski definition) is 0. The summed E-state index contributed by atoms with van der Waals surface area (Å²) in [7, 11) is 0. The molecule has 1 rings (SSSR count). The van der Waals surface area contributed by atoms with E-state index in [-0.39, 0.29) is 0 Å². The van der Waals surface area contributed by atoms with Crippen LogP contribution in [0.4, 0.5) is 0 Å². The van der Waals surface area contributed by atoms with E-state index in [2.05, 4.69) is 39.0 Å². The Bertz CT molecular complexity index is 527. The number of rotatable bonds is 27. The van der Waals surface area contributed by atoms with E-state index >= 15 is 0 Å². The van der Waals surface area contributed by atoms with Crippen LogP contribution in [-0.4, -0.2) is 0 Å². The summed E-state index contributed by atoms with van der Waals surface area (Å²) >= 11 is 0. The molecule has 0 heterocycles. The highest BCUT2D eigenvalue weighted by atomic mass is 14.1. The SMILES string of the molecule is [CH2]CCCc1cc(CCCCCCCCCCCCC)cc(CCCCCCCCCCCCC)c1. The zero-order valence-corrected chi connectivity index (χ0v) is 25.0. The highest BCUT2D eigenvalue weighted by Crippen LogP contribution is 2.19. The molecule has 0 aliphatic heterocycles. The molecule has 0 fully saturated rings. The van der Waals surface area contributed by atoms with Crippen molar-refractivity contribution in [3.8, 4) is 0 Å². The lowest BCUT2D eigenvalue weighted by Gasteiger charge is -2.11. The maximum atomic E-state index is 4.06. The number of benzene rings is 1. The van der Waals surface area contributed by atoms with E-state index in [1.165, 1.54) is 167 Å². The lowest BCUT2D eigenvalue weighted by molar-refractivity contribution is 0.548. The van der Waals surface area contributed by atoms with Gasteiger partial charge in [-0.15, -0.1) is 0 Å². The quantitative estimate of drug-likeness (QED) is 0.106. The standard InChI is InChI=1S/C36H65/c1-4-7-10-12-14-16-18-20-22-24-26-29-35-31-34(28-9-6-3)32-36(33-35)30-27-25-23-21-19-17-15-13-11-8-5-2/h31-33H,3-30H2,1-2H3. The number of unbranched alkanes of at least 4 members (excludes halogenated alkanes) is 21. The third kappa shape index (κ3) is 20.3. The van der Waals surface area contributed by atoms with E-state index in [0.717, 1.165) is 6.42 Å². The second-order valence-electron chi connectivity index (χ2n) is 11.7. The summed E-state index contributed by atoms with van der Waals surface area (Å²) in [4.78, 5) is 0. The van der Waals surface area contributed by atoms with Crippen molar-refractivity contribution < 1.29 is 0 Å². The van der Waals surface area contributed by atoms with Gasteiger partial charge >= 0.3 is 0 Å². The molecule has 0 bridgehead atoms. The van der Waals surface area contributed by atoms with Crippen LogP contribution >= 0.6 is 0 Å². The van der Waals surface area contributed by atoms with Gasteiger partial charge in [-0.1, -0.05) is 174 Å². The zero-order valence-electron chi connectivity index (χ0n) is 25.0. The Morgan fingerprint density at radius 3 is 0.889 bits per heavy atom. The normalized spacial score (nSPS) is 11.4. The summed E-state index contributed by atoms with van der Waals surface area (Å²) in [6.07, 6.45) is 37.5. The maximum Gasteiger partial charge on any atom is -0.0279 e. The van der Waals surface area contributed by atoms with Gasteiger partial charge in [-0.2, -0.15) is 0 Å². The second kappa shape index (κ2) is 25.9. The van der Waals surface area contributed by atoms with Gasteiger partial charge in [0.25, 0.3) is 0 Å². The molecule has 0 N–H and O–H groups in total. The molecule has 0 amide bonds. The fourth-order valence-corrected chi connectivity index (χ4v) is 5.59. The van der Waals surface area contributed by atoms with Gasteiger partial charge in [-0.3, -0.25) is 0 Å². The van der Waals surface area contributed by atoms with Gasteiger partial charge in [-0.05, 0) is 55.2 Å². The molecular weight excluding hydrogens is 432 g/mol. The molecule has 0 aliphatic carbocycles. The molecule has 0 spiro atoms. The van der Waals surface area contributed by atoms with Gasteiger partial charge in [-0.25, -0.2) is 0 Å². The third-order valence-corrected chi connectivity index (χ3v) is 7.97. The van der Waals surface area contributed by atoms with Crippen LogP contribution in [0.1, 0.15) is 185 Å². The average Bonchev–Trinajstić information content (AvgIpc) is 2.89. The molecule has 209 valence electrons. The molecule has 0 atom stereocenters. The van der Waals surface area contributed by atoms with Crippen LogP contribution in [0.2, 0.25) is 0 Å². The molecule has 0 nitrogen and oxygen atoms in total. The van der Waals surface area contributed by atoms with E-state index < -0.39 is 0 Å². The van der Waals surface area contributed by atoms with Gasteiger partial charge in [0.2, 0.25) is 0 Å². The van der Waals surface area contributed by atoms with Crippen LogP contribution in [0, 0.1) is 6.92 Å². The number of aryl methyl sites for hydroxylation is 3. The second-order valence-corrected chi connectivity index (χ2v) is 11.7. The molecule has 36 heavy (non-hydrogen) atoms. The molecular formula is C36H65. The Hall–Kier alpha value is -0.780. The van der Waals surface area contributed by atoms with Gasteiger partial charge in [0.1, 0.15) is 0 Å². The molecule has 1 aromatic rings. The molecule has 0 saturated carbocycles. The molecule has 1 radical (unpaired) electrons. The first-order chi connectivity index (χ1) is 17.8. The zero-order chi connectivity index (χ0) is 25.9. The highest BCUT2D eigenvalue weighted by molar-refractivity contribution is 5.30. The minimum atomic E-state index is 1.05. The Kier molecular flexibility index (Phi) is 23.9. The molecule has 1 aromatic carbocycles. The highest BCUT2D eigenvalue weighted by Gasteiger charge is 2.03. The van der Waals surface area contributed by atoms with Gasteiger partial charge in [0, 0.05) is 0 Å². The summed E-state index contributed by atoms with van der Waals surface area (Å²) in [6, 6.07) is 7.56. The van der Waals surface area contributed by atoms with E-state index in [4.69, 9.17) is 0 Å². The number of hydrogen-bond acceptors (Lipinski definition) is 0. The minimum Gasteiger partial charge on any atom is -0.0654 e. The van der Waals surface area contributed by atoms with Crippen molar-refractivity contribution in [2.45, 2.75) is 187 Å². The largest absolute Gasteiger partial charge is 0.0654 e. The van der Waals surface area contributed by atoms with Crippen molar-refractivity contribution in [1.82, 2.24) is 0 Å². The predicted octanol–water partition coefficient (Wildman–Crippen LogP) is 12.6. The van der Waals surface area contributed by atoms with E-state index in [1.807, 2.05) is 0 Å². The Labute approximate surface area is 228 Å². The summed E-state index contributed by atoms with van der Waals surface area (Å²) in [5.74, 6) is 0. The molecule has 0 unspecified atom stereocenters. The maximum absolute atomic E-state index is 4.06. The van der Waals surface area contributed by atoms with E-state index in [9.17, 15) is 0 Å². The minimum absolute atomic E-state index is 1.05. The Balaban J connectivity index is 2.21. The fraction of sp³-hybridized carbons (Fsp3) is 0.806. The summed E-state index contributed by atoms with van der Waals surface area (Å²) in [5, 5.41) is 0. The molecule has 0 heteroatoms. The van der Waals surface area contributed by atoms with Crippen LogP contribution in [0.15, 0.2) is 18.2 Å². The molecule has 0 saturated heterocycles. The van der Waals surface area contributed by atoms with Gasteiger partial charge in [0.05, 0.1) is 0 Å². The van der Waals surface area contributed by atoms with Crippen LogP contribution in [-0.2, 0) is 19.3 Å². The van der Waals surface area contributed by atoms with Crippen LogP contribution in [0.5, 0.6) is 0 Å². The smallest absolute Gasteiger partial charge is 0.0279 e. The molecule has 0 aliphatic rings. The van der Waals surface area contributed by atoms with Gasteiger partial charge < -0.3 is 0 Å². The lowest BCUT2D eigenvalue weighted by Crippen LogP contribution is -1.96.